The van der Waals surface area contributed by atoms with E-state index in [1.807, 2.05) is 52.0 Å². The van der Waals surface area contributed by atoms with Gasteiger partial charge in [-0.05, 0) is 62.4 Å². The summed E-state index contributed by atoms with van der Waals surface area (Å²) in [7, 11) is -0.990. The summed E-state index contributed by atoms with van der Waals surface area (Å²) in [5.74, 6) is 1.11. The van der Waals surface area contributed by atoms with Crippen molar-refractivity contribution in [1.82, 2.24) is 0 Å². The van der Waals surface area contributed by atoms with Gasteiger partial charge in [0.15, 0.2) is 5.78 Å². The first-order valence-corrected chi connectivity index (χ1v) is 9.29. The van der Waals surface area contributed by atoms with Crippen molar-refractivity contribution in [3.63, 3.8) is 0 Å². The van der Waals surface area contributed by atoms with Crippen molar-refractivity contribution in [1.29, 1.82) is 0 Å². The molecule has 0 amide bonds. The topological polar surface area (TPSA) is 34.1 Å². The molecule has 0 fully saturated rings. The Hall–Kier alpha value is -1.74. The van der Waals surface area contributed by atoms with E-state index < -0.39 is 10.8 Å². The standard InChI is InChI=1S/C20H24O2S/c1-13-7-6-8-18(9-13)11-23(22)12-19-14(2)10-15(3)20(16(19)4)17(5)21/h6-10H,11-12H2,1-5H3. The van der Waals surface area contributed by atoms with E-state index in [9.17, 15) is 9.00 Å². The Morgan fingerprint density at radius 2 is 1.70 bits per heavy atom. The number of benzene rings is 2. The number of hydrogen-bond acceptors (Lipinski definition) is 2. The van der Waals surface area contributed by atoms with Crippen LogP contribution in [0, 0.1) is 27.7 Å². The van der Waals surface area contributed by atoms with Crippen molar-refractivity contribution in [2.45, 2.75) is 46.1 Å². The molecule has 0 aliphatic carbocycles. The fourth-order valence-corrected chi connectivity index (χ4v) is 4.61. The highest BCUT2D eigenvalue weighted by molar-refractivity contribution is 7.83. The summed E-state index contributed by atoms with van der Waals surface area (Å²) in [6.45, 7) is 9.60. The lowest BCUT2D eigenvalue weighted by molar-refractivity contribution is 0.101. The van der Waals surface area contributed by atoms with Crippen molar-refractivity contribution in [3.05, 3.63) is 69.3 Å². The van der Waals surface area contributed by atoms with Crippen molar-refractivity contribution >= 4 is 16.6 Å². The van der Waals surface area contributed by atoms with Crippen LogP contribution in [0.25, 0.3) is 0 Å². The Labute approximate surface area is 141 Å². The van der Waals surface area contributed by atoms with Crippen LogP contribution in [0.1, 0.15) is 50.7 Å². The zero-order valence-electron chi connectivity index (χ0n) is 14.5. The Morgan fingerprint density at radius 1 is 1.00 bits per heavy atom. The molecule has 0 bridgehead atoms. The minimum absolute atomic E-state index is 0.0747. The van der Waals surface area contributed by atoms with Crippen molar-refractivity contribution < 1.29 is 9.00 Å². The molecule has 0 aliphatic heterocycles. The SMILES string of the molecule is CC(=O)c1c(C)cc(C)c(CS(=O)Cc2cccc(C)c2)c1C. The van der Waals surface area contributed by atoms with Gasteiger partial charge in [0, 0.05) is 27.9 Å². The minimum Gasteiger partial charge on any atom is -0.294 e. The summed E-state index contributed by atoms with van der Waals surface area (Å²) in [6, 6.07) is 10.2. The fourth-order valence-electron chi connectivity index (χ4n) is 3.19. The monoisotopic (exact) mass is 328 g/mol. The van der Waals surface area contributed by atoms with Crippen LogP contribution >= 0.6 is 0 Å². The van der Waals surface area contributed by atoms with Crippen LogP contribution in [0.4, 0.5) is 0 Å². The van der Waals surface area contributed by atoms with Gasteiger partial charge in [-0.25, -0.2) is 0 Å². The van der Waals surface area contributed by atoms with Crippen LogP contribution in [-0.2, 0) is 22.3 Å². The first-order chi connectivity index (χ1) is 10.8. The lowest BCUT2D eigenvalue weighted by Crippen LogP contribution is -2.09. The maximum absolute atomic E-state index is 12.6. The van der Waals surface area contributed by atoms with E-state index in [4.69, 9.17) is 0 Å². The summed E-state index contributed by atoms with van der Waals surface area (Å²) < 4.78 is 12.6. The quantitative estimate of drug-likeness (QED) is 0.753. The fraction of sp³-hybridized carbons (Fsp3) is 0.350. The Kier molecular flexibility index (Phi) is 5.53. The smallest absolute Gasteiger partial charge is 0.160 e. The summed E-state index contributed by atoms with van der Waals surface area (Å²) in [5, 5.41) is 0. The summed E-state index contributed by atoms with van der Waals surface area (Å²) >= 11 is 0. The Morgan fingerprint density at radius 3 is 2.30 bits per heavy atom. The molecular weight excluding hydrogens is 304 g/mol. The lowest BCUT2D eigenvalue weighted by Gasteiger charge is -2.16. The van der Waals surface area contributed by atoms with Crippen LogP contribution in [0.5, 0.6) is 0 Å². The molecule has 1 unspecified atom stereocenters. The molecule has 1 atom stereocenters. The predicted octanol–water partition coefficient (Wildman–Crippen LogP) is 4.57. The van der Waals surface area contributed by atoms with Crippen LogP contribution < -0.4 is 0 Å². The first kappa shape index (κ1) is 17.6. The molecule has 2 aromatic carbocycles. The van der Waals surface area contributed by atoms with Gasteiger partial charge in [0.2, 0.25) is 0 Å². The van der Waals surface area contributed by atoms with Crippen molar-refractivity contribution in [2.24, 2.45) is 0 Å². The van der Waals surface area contributed by atoms with Gasteiger partial charge in [-0.1, -0.05) is 35.9 Å². The molecule has 0 heterocycles. The van der Waals surface area contributed by atoms with Gasteiger partial charge in [0.25, 0.3) is 0 Å². The van der Waals surface area contributed by atoms with Gasteiger partial charge < -0.3 is 0 Å². The Balaban J connectivity index is 2.27. The van der Waals surface area contributed by atoms with E-state index in [1.165, 1.54) is 5.56 Å². The molecule has 0 N–H and O–H groups in total. The van der Waals surface area contributed by atoms with Gasteiger partial charge in [0.05, 0.1) is 0 Å². The molecular formula is C20H24O2S. The van der Waals surface area contributed by atoms with Crippen LogP contribution in [0.2, 0.25) is 0 Å². The van der Waals surface area contributed by atoms with Gasteiger partial charge in [-0.2, -0.15) is 0 Å². The number of Topliss-reactive ketones (excluding diaryl/α,β-unsaturated/α-hetero) is 1. The average molecular weight is 328 g/mol. The van der Waals surface area contributed by atoms with Crippen molar-refractivity contribution in [2.75, 3.05) is 0 Å². The number of carbonyl (C=O) groups is 1. The number of ketones is 1. The highest BCUT2D eigenvalue weighted by Crippen LogP contribution is 2.24. The second kappa shape index (κ2) is 7.22. The van der Waals surface area contributed by atoms with Crippen LogP contribution in [-0.4, -0.2) is 9.99 Å². The molecule has 2 nitrogen and oxygen atoms in total. The highest BCUT2D eigenvalue weighted by atomic mass is 32.2. The number of rotatable bonds is 5. The largest absolute Gasteiger partial charge is 0.294 e. The van der Waals surface area contributed by atoms with E-state index in [1.54, 1.807) is 6.92 Å². The zero-order valence-corrected chi connectivity index (χ0v) is 15.3. The van der Waals surface area contributed by atoms with Crippen LogP contribution in [0.3, 0.4) is 0 Å². The number of hydrogen-bond donors (Lipinski definition) is 0. The molecule has 0 saturated carbocycles. The molecule has 0 saturated heterocycles. The number of carbonyl (C=O) groups excluding carboxylic acids is 1. The van der Waals surface area contributed by atoms with Gasteiger partial charge in [-0.15, -0.1) is 0 Å². The summed E-state index contributed by atoms with van der Waals surface area (Å²) in [6.07, 6.45) is 0. The maximum atomic E-state index is 12.6. The number of aryl methyl sites for hydroxylation is 3. The molecule has 0 radical (unpaired) electrons. The third-order valence-electron chi connectivity index (χ3n) is 4.20. The second-order valence-corrected chi connectivity index (χ2v) is 7.72. The third-order valence-corrected chi connectivity index (χ3v) is 5.46. The Bertz CT molecular complexity index is 775. The van der Waals surface area contributed by atoms with E-state index in [0.29, 0.717) is 11.5 Å². The lowest BCUT2D eigenvalue weighted by atomic mass is 9.92. The summed E-state index contributed by atoms with van der Waals surface area (Å²) in [5.41, 5.74) is 7.19. The highest BCUT2D eigenvalue weighted by Gasteiger charge is 2.16. The molecule has 0 aromatic heterocycles. The second-order valence-electron chi connectivity index (χ2n) is 6.26. The normalized spacial score (nSPS) is 12.2. The van der Waals surface area contributed by atoms with E-state index in [2.05, 4.69) is 6.07 Å². The van der Waals surface area contributed by atoms with E-state index in [0.717, 1.165) is 33.4 Å². The average Bonchev–Trinajstić information content (AvgIpc) is 2.42. The molecule has 0 aliphatic rings. The first-order valence-electron chi connectivity index (χ1n) is 7.80. The van der Waals surface area contributed by atoms with Gasteiger partial charge in [0.1, 0.15) is 0 Å². The molecule has 23 heavy (non-hydrogen) atoms. The van der Waals surface area contributed by atoms with Gasteiger partial charge in [-0.3, -0.25) is 9.00 Å². The van der Waals surface area contributed by atoms with Crippen LogP contribution in [0.15, 0.2) is 30.3 Å². The molecule has 3 heteroatoms. The maximum Gasteiger partial charge on any atom is 0.160 e. The van der Waals surface area contributed by atoms with E-state index >= 15 is 0 Å². The van der Waals surface area contributed by atoms with Crippen molar-refractivity contribution in [3.8, 4) is 0 Å². The molecule has 2 rings (SSSR count). The molecule has 122 valence electrons. The predicted molar refractivity (Wildman–Crippen MR) is 97.4 cm³/mol. The molecule has 2 aromatic rings. The molecule has 0 spiro atoms. The third kappa shape index (κ3) is 4.17. The van der Waals surface area contributed by atoms with E-state index in [-0.39, 0.29) is 5.78 Å². The zero-order chi connectivity index (χ0) is 17.1. The summed E-state index contributed by atoms with van der Waals surface area (Å²) in [4.78, 5) is 11.9. The van der Waals surface area contributed by atoms with Gasteiger partial charge >= 0.3 is 0 Å². The minimum atomic E-state index is -0.990.